The number of hydrogen-bond donors (Lipinski definition) is 3. The highest BCUT2D eigenvalue weighted by Crippen LogP contribution is 2.22. The fraction of sp³-hybridized carbons (Fsp3) is 0.273. The van der Waals surface area contributed by atoms with Gasteiger partial charge >= 0.3 is 5.97 Å². The van der Waals surface area contributed by atoms with Gasteiger partial charge in [0.15, 0.2) is 5.17 Å². The van der Waals surface area contributed by atoms with Gasteiger partial charge in [-0.05, 0) is 18.6 Å². The molecule has 3 N–H and O–H groups in total. The van der Waals surface area contributed by atoms with Crippen LogP contribution in [0.25, 0.3) is 0 Å². The quantitative estimate of drug-likeness (QED) is 0.761. The molecule has 1 aromatic rings. The van der Waals surface area contributed by atoms with Crippen LogP contribution < -0.4 is 10.9 Å². The van der Waals surface area contributed by atoms with Crippen LogP contribution in [0.4, 0.5) is 0 Å². The molecule has 0 spiro atoms. The van der Waals surface area contributed by atoms with Gasteiger partial charge in [-0.15, -0.1) is 4.40 Å². The molecule has 1 heterocycles. The molecule has 7 nitrogen and oxygen atoms in total. The molecule has 0 aromatic heterocycles. The fourth-order valence-corrected chi connectivity index (χ4v) is 3.78. The van der Waals surface area contributed by atoms with E-state index in [0.29, 0.717) is 0 Å². The number of hydrogen-bond acceptors (Lipinski definition) is 5. The minimum absolute atomic E-state index is 0.0404. The second-order valence-corrected chi connectivity index (χ2v) is 6.72. The number of nitrogens with one attached hydrogen (secondary N) is 2. The van der Waals surface area contributed by atoms with Crippen molar-refractivity contribution >= 4 is 32.9 Å². The Morgan fingerprint density at radius 2 is 2.15 bits per heavy atom. The number of carboxylic acids is 1. The molecule has 1 aliphatic rings. The van der Waals surface area contributed by atoms with Crippen LogP contribution in [0.15, 0.2) is 33.6 Å². The van der Waals surface area contributed by atoms with Crippen molar-refractivity contribution in [2.24, 2.45) is 4.40 Å². The molecule has 108 valence electrons. The number of thioether (sulfide) groups is 1. The van der Waals surface area contributed by atoms with Crippen molar-refractivity contribution < 1.29 is 18.3 Å². The Balaban J connectivity index is 2.37. The Kier molecular flexibility index (Phi) is 4.31. The predicted octanol–water partition coefficient (Wildman–Crippen LogP) is 1.01. The largest absolute Gasteiger partial charge is 0.478 e. The van der Waals surface area contributed by atoms with Crippen LogP contribution in [0.1, 0.15) is 23.7 Å². The first-order valence-corrected chi connectivity index (χ1v) is 8.11. The molecule has 9 heteroatoms. The summed E-state index contributed by atoms with van der Waals surface area (Å²) in [6.07, 6.45) is 0.794. The van der Waals surface area contributed by atoms with Crippen molar-refractivity contribution in [3.63, 3.8) is 0 Å². The lowest BCUT2D eigenvalue weighted by Gasteiger charge is -2.04. The lowest BCUT2D eigenvalue weighted by molar-refractivity contribution is 0.0692. The minimum atomic E-state index is -4.07. The SMILES string of the molecule is CCC1NNC(=NS(=O)(=O)c2ccccc2C(=O)O)S1. The maximum atomic E-state index is 12.2. The summed E-state index contributed by atoms with van der Waals surface area (Å²) < 4.78 is 28.0. The van der Waals surface area contributed by atoms with Crippen molar-refractivity contribution in [3.8, 4) is 0 Å². The Morgan fingerprint density at radius 3 is 2.75 bits per heavy atom. The molecule has 0 amide bonds. The highest BCUT2D eigenvalue weighted by molar-refractivity contribution is 8.15. The lowest BCUT2D eigenvalue weighted by atomic mass is 10.2. The van der Waals surface area contributed by atoms with Crippen LogP contribution in [0.3, 0.4) is 0 Å². The Morgan fingerprint density at radius 1 is 1.45 bits per heavy atom. The molecule has 1 saturated heterocycles. The van der Waals surface area contributed by atoms with Gasteiger partial charge in [-0.1, -0.05) is 30.8 Å². The number of carboxylic acid groups (broad SMARTS) is 1. The Bertz CT molecular complexity index is 657. The van der Waals surface area contributed by atoms with E-state index < -0.39 is 16.0 Å². The second-order valence-electron chi connectivity index (χ2n) is 3.96. The second kappa shape index (κ2) is 5.81. The third-order valence-electron chi connectivity index (χ3n) is 2.56. The summed E-state index contributed by atoms with van der Waals surface area (Å²) in [6, 6.07) is 5.39. The summed E-state index contributed by atoms with van der Waals surface area (Å²) in [5.41, 5.74) is 5.25. The first-order chi connectivity index (χ1) is 9.44. The van der Waals surface area contributed by atoms with E-state index in [2.05, 4.69) is 15.2 Å². The maximum absolute atomic E-state index is 12.2. The molecule has 1 aromatic carbocycles. The van der Waals surface area contributed by atoms with Gasteiger partial charge in [0.1, 0.15) is 4.90 Å². The van der Waals surface area contributed by atoms with Gasteiger partial charge < -0.3 is 5.11 Å². The van der Waals surface area contributed by atoms with Gasteiger partial charge in [0.25, 0.3) is 10.0 Å². The van der Waals surface area contributed by atoms with Gasteiger partial charge in [-0.2, -0.15) is 8.42 Å². The van der Waals surface area contributed by atoms with Crippen LogP contribution in [0.2, 0.25) is 0 Å². The third-order valence-corrected chi connectivity index (χ3v) is 5.17. The number of sulfonamides is 1. The highest BCUT2D eigenvalue weighted by Gasteiger charge is 2.25. The van der Waals surface area contributed by atoms with E-state index in [-0.39, 0.29) is 21.0 Å². The highest BCUT2D eigenvalue weighted by atomic mass is 32.2. The van der Waals surface area contributed by atoms with Gasteiger partial charge in [-0.25, -0.2) is 10.2 Å². The first kappa shape index (κ1) is 14.8. The van der Waals surface area contributed by atoms with Crippen LogP contribution in [-0.2, 0) is 10.0 Å². The van der Waals surface area contributed by atoms with E-state index in [1.54, 1.807) is 0 Å². The van der Waals surface area contributed by atoms with E-state index in [4.69, 9.17) is 5.11 Å². The summed E-state index contributed by atoms with van der Waals surface area (Å²) in [5.74, 6) is -1.30. The summed E-state index contributed by atoms with van der Waals surface area (Å²) in [5, 5.41) is 9.27. The summed E-state index contributed by atoms with van der Waals surface area (Å²) in [6.45, 7) is 1.95. The number of rotatable bonds is 4. The van der Waals surface area contributed by atoms with Crippen molar-refractivity contribution in [1.29, 1.82) is 0 Å². The normalized spacial score (nSPS) is 20.9. The van der Waals surface area contributed by atoms with E-state index >= 15 is 0 Å². The predicted molar refractivity (Wildman–Crippen MR) is 76.0 cm³/mol. The molecule has 2 rings (SSSR count). The van der Waals surface area contributed by atoms with E-state index in [1.165, 1.54) is 36.0 Å². The van der Waals surface area contributed by atoms with E-state index in [0.717, 1.165) is 6.42 Å². The van der Waals surface area contributed by atoms with Crippen LogP contribution in [0.5, 0.6) is 0 Å². The Hall–Kier alpha value is -1.58. The monoisotopic (exact) mass is 315 g/mol. The maximum Gasteiger partial charge on any atom is 0.337 e. The van der Waals surface area contributed by atoms with Crippen LogP contribution in [0, 0.1) is 0 Å². The summed E-state index contributed by atoms with van der Waals surface area (Å²) in [4.78, 5) is 10.7. The summed E-state index contributed by atoms with van der Waals surface area (Å²) >= 11 is 1.25. The zero-order chi connectivity index (χ0) is 14.8. The molecule has 0 radical (unpaired) electrons. The van der Waals surface area contributed by atoms with Crippen molar-refractivity contribution in [1.82, 2.24) is 10.9 Å². The molecule has 20 heavy (non-hydrogen) atoms. The average Bonchev–Trinajstić information content (AvgIpc) is 2.85. The first-order valence-electron chi connectivity index (χ1n) is 5.79. The molecule has 1 fully saturated rings. The molecular weight excluding hydrogens is 302 g/mol. The molecule has 0 saturated carbocycles. The molecule has 1 unspecified atom stereocenters. The molecule has 0 bridgehead atoms. The number of carbonyl (C=O) groups is 1. The van der Waals surface area contributed by atoms with Crippen LogP contribution in [-0.4, -0.2) is 30.0 Å². The number of benzene rings is 1. The van der Waals surface area contributed by atoms with Crippen molar-refractivity contribution in [2.75, 3.05) is 0 Å². The summed E-state index contributed by atoms with van der Waals surface area (Å²) in [7, 11) is -4.07. The third kappa shape index (κ3) is 3.11. The van der Waals surface area contributed by atoms with Gasteiger partial charge in [0.05, 0.1) is 10.9 Å². The number of nitrogens with zero attached hydrogens (tertiary/aromatic N) is 1. The van der Waals surface area contributed by atoms with E-state index in [1.807, 2.05) is 6.92 Å². The van der Waals surface area contributed by atoms with Crippen molar-refractivity contribution in [3.05, 3.63) is 29.8 Å². The van der Waals surface area contributed by atoms with Crippen LogP contribution >= 0.6 is 11.8 Å². The zero-order valence-corrected chi connectivity index (χ0v) is 12.2. The molecule has 1 aliphatic heterocycles. The number of hydrazine groups is 1. The number of amidine groups is 1. The van der Waals surface area contributed by atoms with Gasteiger partial charge in [-0.3, -0.25) is 5.43 Å². The number of aromatic carboxylic acids is 1. The standard InChI is InChI=1S/C11H13N3O4S2/c1-2-9-12-13-11(19-9)14-20(17,18)8-6-4-3-5-7(8)10(15)16/h3-6,9,12H,2H2,1H3,(H,13,14)(H,15,16). The Labute approximate surface area is 120 Å². The molecule has 0 aliphatic carbocycles. The lowest BCUT2D eigenvalue weighted by Crippen LogP contribution is -2.31. The van der Waals surface area contributed by atoms with Crippen molar-refractivity contribution in [2.45, 2.75) is 23.6 Å². The topological polar surface area (TPSA) is 108 Å². The van der Waals surface area contributed by atoms with E-state index in [9.17, 15) is 13.2 Å². The minimum Gasteiger partial charge on any atom is -0.478 e. The fourth-order valence-electron chi connectivity index (χ4n) is 1.59. The molecule has 1 atom stereocenters. The van der Waals surface area contributed by atoms with Gasteiger partial charge in [0, 0.05) is 0 Å². The smallest absolute Gasteiger partial charge is 0.337 e. The zero-order valence-electron chi connectivity index (χ0n) is 10.5. The average molecular weight is 315 g/mol. The van der Waals surface area contributed by atoms with Gasteiger partial charge in [0.2, 0.25) is 0 Å². The molecular formula is C11H13N3O4S2.